The highest BCUT2D eigenvalue weighted by Crippen LogP contribution is 2.37. The number of carbonyl (C=O) groups excluding carboxylic acids is 1. The highest BCUT2D eigenvalue weighted by Gasteiger charge is 2.11. The topological polar surface area (TPSA) is 121 Å². The number of rotatable bonds is 19. The molecule has 38 heavy (non-hydrogen) atoms. The van der Waals surface area contributed by atoms with Crippen molar-refractivity contribution in [2.24, 2.45) is 0 Å². The third-order valence-electron chi connectivity index (χ3n) is 5.20. The Morgan fingerprint density at radius 2 is 1.74 bits per heavy atom. The van der Waals surface area contributed by atoms with Gasteiger partial charge in [-0.2, -0.15) is 5.26 Å². The number of thiophene rings is 2. The number of nitrogens with zero attached hydrogens (tertiary/aromatic N) is 2. The summed E-state index contributed by atoms with van der Waals surface area (Å²) >= 11 is 8.63. The van der Waals surface area contributed by atoms with E-state index in [1.807, 2.05) is 30.1 Å². The molecule has 2 N–H and O–H groups in total. The van der Waals surface area contributed by atoms with E-state index in [1.165, 1.54) is 17.4 Å². The van der Waals surface area contributed by atoms with Gasteiger partial charge in [0.1, 0.15) is 18.2 Å². The zero-order chi connectivity index (χ0) is 27.6. The summed E-state index contributed by atoms with van der Waals surface area (Å²) in [7, 11) is 1.92. The number of alkyl halides is 1. The van der Waals surface area contributed by atoms with Crippen molar-refractivity contribution in [2.45, 2.75) is 25.7 Å². The molecule has 0 fully saturated rings. The van der Waals surface area contributed by atoms with Gasteiger partial charge in [-0.15, -0.1) is 34.3 Å². The molecule has 0 saturated heterocycles. The van der Waals surface area contributed by atoms with Crippen molar-refractivity contribution in [3.8, 4) is 15.8 Å². The van der Waals surface area contributed by atoms with E-state index in [2.05, 4.69) is 5.32 Å². The number of hydrogen-bond acceptors (Lipinski definition) is 9. The lowest BCUT2D eigenvalue weighted by atomic mass is 10.2. The number of carboxylic acid groups (broad SMARTS) is 1. The lowest BCUT2D eigenvalue weighted by Gasteiger charge is -2.17. The van der Waals surface area contributed by atoms with Crippen molar-refractivity contribution in [2.75, 3.05) is 64.0 Å². The molecule has 0 spiro atoms. The molecule has 0 radical (unpaired) electrons. The Balaban J connectivity index is 1.58. The third-order valence-corrected chi connectivity index (χ3v) is 7.89. The first-order chi connectivity index (χ1) is 18.4. The molecule has 9 nitrogen and oxygen atoms in total. The maximum atomic E-state index is 11.9. The van der Waals surface area contributed by atoms with Gasteiger partial charge in [-0.3, -0.25) is 0 Å². The molecule has 0 unspecified atom stereocenters. The van der Waals surface area contributed by atoms with Crippen LogP contribution in [0, 0.1) is 11.3 Å². The molecule has 0 aromatic carbocycles. The van der Waals surface area contributed by atoms with Crippen molar-refractivity contribution in [3.05, 3.63) is 34.7 Å². The second-order valence-corrected chi connectivity index (χ2v) is 10.7. The lowest BCUT2D eigenvalue weighted by Crippen LogP contribution is -2.31. The molecule has 1 amide bonds. The fraction of sp³-hybridized carbons (Fsp3) is 0.500. The van der Waals surface area contributed by atoms with Crippen LogP contribution >= 0.6 is 34.3 Å². The lowest BCUT2D eigenvalue weighted by molar-refractivity contribution is -0.132. The molecule has 0 aliphatic rings. The average molecular weight is 584 g/mol. The van der Waals surface area contributed by atoms with Crippen LogP contribution in [0.15, 0.2) is 29.8 Å². The number of aliphatic carboxylic acids is 1. The summed E-state index contributed by atoms with van der Waals surface area (Å²) < 4.78 is 16.2. The number of nitriles is 1. The first-order valence-electron chi connectivity index (χ1n) is 12.3. The standard InChI is InChI=1S/C26H34ClN3O6S2/c1-30(12-15-36-26(33)29-11-14-35-17-16-34-13-5-3-2-4-10-27)24-9-8-23(38-24)22-7-6-21(37-22)18-20(19-28)25(31)32/h6-9,18H,2-5,10-17H2,1H3,(H,29,33)(H,31,32)/b20-18+. The quantitative estimate of drug-likeness (QED) is 0.0967. The number of unbranched alkanes of at least 4 members (excludes halogenated alkanes) is 3. The molecule has 2 heterocycles. The van der Waals surface area contributed by atoms with Crippen LogP contribution in [0.1, 0.15) is 30.6 Å². The second kappa shape index (κ2) is 18.6. The number of hydrogen-bond donors (Lipinski definition) is 2. The number of likely N-dealkylation sites (N-methyl/N-ethyl adjacent to an activating group) is 1. The Hall–Kier alpha value is -2.62. The third kappa shape index (κ3) is 12.3. The number of ether oxygens (including phenoxy) is 3. The number of alkyl carbamates (subject to hydrolysis) is 1. The van der Waals surface area contributed by atoms with Crippen molar-refractivity contribution in [1.29, 1.82) is 5.26 Å². The smallest absolute Gasteiger partial charge is 0.407 e. The summed E-state index contributed by atoms with van der Waals surface area (Å²) in [5, 5.41) is 21.6. The van der Waals surface area contributed by atoms with Crippen LogP contribution in [0.3, 0.4) is 0 Å². The van der Waals surface area contributed by atoms with Crippen LogP contribution < -0.4 is 10.2 Å². The number of anilines is 1. The van der Waals surface area contributed by atoms with Gasteiger partial charge in [0.2, 0.25) is 0 Å². The van der Waals surface area contributed by atoms with Gasteiger partial charge in [0.25, 0.3) is 0 Å². The van der Waals surface area contributed by atoms with E-state index < -0.39 is 12.1 Å². The molecule has 0 saturated carbocycles. The first kappa shape index (κ1) is 31.6. The fourth-order valence-corrected chi connectivity index (χ4v) is 5.37. The zero-order valence-corrected chi connectivity index (χ0v) is 23.8. The van der Waals surface area contributed by atoms with Crippen molar-refractivity contribution < 1.29 is 28.9 Å². The molecule has 2 aromatic heterocycles. The molecule has 208 valence electrons. The van der Waals surface area contributed by atoms with E-state index >= 15 is 0 Å². The van der Waals surface area contributed by atoms with Crippen LogP contribution in [-0.4, -0.2) is 76.2 Å². The summed E-state index contributed by atoms with van der Waals surface area (Å²) in [5.74, 6) is -0.527. The van der Waals surface area contributed by atoms with E-state index in [0.717, 1.165) is 47.0 Å². The number of carboxylic acids is 1. The minimum Gasteiger partial charge on any atom is -0.477 e. The van der Waals surface area contributed by atoms with E-state index in [4.69, 9.17) is 36.2 Å². The fourth-order valence-electron chi connectivity index (χ4n) is 3.15. The number of halogens is 1. The van der Waals surface area contributed by atoms with Crippen molar-refractivity contribution in [1.82, 2.24) is 5.32 Å². The number of amides is 1. The van der Waals surface area contributed by atoms with Crippen LogP contribution in [-0.2, 0) is 19.0 Å². The Morgan fingerprint density at radius 1 is 1.03 bits per heavy atom. The zero-order valence-electron chi connectivity index (χ0n) is 21.4. The summed E-state index contributed by atoms with van der Waals surface area (Å²) in [5.41, 5.74) is -0.299. The van der Waals surface area contributed by atoms with Gasteiger partial charge >= 0.3 is 12.1 Å². The maximum absolute atomic E-state index is 11.9. The molecule has 2 aromatic rings. The van der Waals surface area contributed by atoms with Gasteiger partial charge in [-0.05, 0) is 43.2 Å². The Kier molecular flexibility index (Phi) is 15.5. The predicted octanol–water partition coefficient (Wildman–Crippen LogP) is 5.46. The molecule has 0 aliphatic carbocycles. The minimum atomic E-state index is -1.24. The highest BCUT2D eigenvalue weighted by atomic mass is 35.5. The number of nitrogens with one attached hydrogen (secondary N) is 1. The predicted molar refractivity (Wildman–Crippen MR) is 152 cm³/mol. The summed E-state index contributed by atoms with van der Waals surface area (Å²) in [6.45, 7) is 3.25. The van der Waals surface area contributed by atoms with E-state index in [9.17, 15) is 9.59 Å². The van der Waals surface area contributed by atoms with Gasteiger partial charge in [-0.25, -0.2) is 9.59 Å². The van der Waals surface area contributed by atoms with Gasteiger partial charge in [0.05, 0.1) is 31.4 Å². The molecule has 12 heteroatoms. The van der Waals surface area contributed by atoms with Crippen molar-refractivity contribution in [3.63, 3.8) is 0 Å². The minimum absolute atomic E-state index is 0.231. The van der Waals surface area contributed by atoms with E-state index in [0.29, 0.717) is 43.7 Å². The molecule has 2 rings (SSSR count). The summed E-state index contributed by atoms with van der Waals surface area (Å²) in [6, 6.07) is 9.35. The van der Waals surface area contributed by atoms with Gasteiger partial charge in [0.15, 0.2) is 0 Å². The van der Waals surface area contributed by atoms with E-state index in [1.54, 1.807) is 23.5 Å². The summed E-state index contributed by atoms with van der Waals surface area (Å²) in [6.07, 6.45) is 5.22. The molecule has 0 atom stereocenters. The van der Waals surface area contributed by atoms with Gasteiger partial charge < -0.3 is 29.5 Å². The van der Waals surface area contributed by atoms with Crippen LogP contribution in [0.2, 0.25) is 0 Å². The summed E-state index contributed by atoms with van der Waals surface area (Å²) in [4.78, 5) is 27.6. The Bertz CT molecular complexity index is 1070. The first-order valence-corrected chi connectivity index (χ1v) is 14.5. The Labute approximate surface area is 236 Å². The van der Waals surface area contributed by atoms with Gasteiger partial charge in [-0.1, -0.05) is 12.8 Å². The highest BCUT2D eigenvalue weighted by molar-refractivity contribution is 7.24. The maximum Gasteiger partial charge on any atom is 0.407 e. The normalized spacial score (nSPS) is 11.2. The largest absolute Gasteiger partial charge is 0.477 e. The van der Waals surface area contributed by atoms with Gasteiger partial charge in [0, 0.05) is 40.7 Å². The molecular weight excluding hydrogens is 550 g/mol. The molecular formula is C26H34ClN3O6S2. The van der Waals surface area contributed by atoms with Crippen molar-refractivity contribution >= 4 is 57.4 Å². The monoisotopic (exact) mass is 583 g/mol. The van der Waals surface area contributed by atoms with E-state index in [-0.39, 0.29) is 12.2 Å². The number of carbonyl (C=O) groups is 2. The Morgan fingerprint density at radius 3 is 2.47 bits per heavy atom. The second-order valence-electron chi connectivity index (χ2n) is 8.13. The molecule has 0 bridgehead atoms. The molecule has 0 aliphatic heterocycles. The van der Waals surface area contributed by atoms with Crippen LogP contribution in [0.4, 0.5) is 9.80 Å². The SMILES string of the molecule is CN(CCOC(=O)NCCOCCOCCCCCCCl)c1ccc(-c2ccc(/C=C(\C#N)C(=O)O)s2)s1. The average Bonchev–Trinajstić information content (AvgIpc) is 3.57. The van der Waals surface area contributed by atoms with Crippen LogP contribution in [0.25, 0.3) is 15.8 Å². The van der Waals surface area contributed by atoms with Crippen LogP contribution in [0.5, 0.6) is 0 Å².